The molecular formula is C17H11N5OS. The molecule has 0 radical (unpaired) electrons. The number of hydrogen-bond acceptors (Lipinski definition) is 4. The van der Waals surface area contributed by atoms with E-state index in [2.05, 4.69) is 25.0 Å². The molecule has 0 spiro atoms. The van der Waals surface area contributed by atoms with Crippen molar-refractivity contribution in [2.75, 3.05) is 0 Å². The van der Waals surface area contributed by atoms with Crippen LogP contribution < -0.4 is 0 Å². The zero-order valence-corrected chi connectivity index (χ0v) is 13.2. The lowest BCUT2D eigenvalue weighted by Gasteiger charge is -2.03. The van der Waals surface area contributed by atoms with Crippen LogP contribution in [0.4, 0.5) is 5.69 Å². The van der Waals surface area contributed by atoms with Crippen LogP contribution in [0.15, 0.2) is 53.7 Å². The second-order valence-electron chi connectivity index (χ2n) is 5.19. The minimum atomic E-state index is -1.47. The lowest BCUT2D eigenvalue weighted by atomic mass is 10.2. The van der Waals surface area contributed by atoms with Crippen LogP contribution in [0, 0.1) is 6.57 Å². The fraction of sp³-hybridized carbons (Fsp3) is 0.0588. The first kappa shape index (κ1) is 14.5. The number of nitrogens with one attached hydrogen (secondary N) is 1. The highest BCUT2D eigenvalue weighted by Crippen LogP contribution is 2.24. The molecule has 2 aromatic heterocycles. The Labute approximate surface area is 139 Å². The fourth-order valence-corrected chi connectivity index (χ4v) is 3.53. The summed E-state index contributed by atoms with van der Waals surface area (Å²) < 4.78 is 12.6. The molecular weight excluding hydrogens is 322 g/mol. The normalized spacial score (nSPS) is 12.3. The van der Waals surface area contributed by atoms with Gasteiger partial charge in [-0.25, -0.2) is 4.85 Å². The Morgan fingerprint density at radius 1 is 1.08 bits per heavy atom. The third-order valence-corrected chi connectivity index (χ3v) is 4.86. The van der Waals surface area contributed by atoms with Crippen molar-refractivity contribution in [3.8, 4) is 0 Å². The molecule has 4 aromatic rings. The Balaban J connectivity index is 1.72. The van der Waals surface area contributed by atoms with E-state index < -0.39 is 10.8 Å². The smallest absolute Gasteiger partial charge is 0.241 e. The van der Waals surface area contributed by atoms with Gasteiger partial charge in [-0.3, -0.25) is 4.21 Å². The predicted octanol–water partition coefficient (Wildman–Crippen LogP) is 3.36. The van der Waals surface area contributed by atoms with Gasteiger partial charge in [0, 0.05) is 16.7 Å². The minimum Gasteiger partial charge on any atom is -0.338 e. The van der Waals surface area contributed by atoms with E-state index in [-0.39, 0.29) is 10.9 Å². The maximum absolute atomic E-state index is 12.6. The van der Waals surface area contributed by atoms with E-state index in [0.29, 0.717) is 22.4 Å². The molecule has 0 amide bonds. The van der Waals surface area contributed by atoms with Crippen molar-refractivity contribution in [2.24, 2.45) is 0 Å². The summed E-state index contributed by atoms with van der Waals surface area (Å²) >= 11 is 0. The summed E-state index contributed by atoms with van der Waals surface area (Å²) in [6.07, 6.45) is 0. The third-order valence-electron chi connectivity index (χ3n) is 3.70. The molecule has 2 aromatic carbocycles. The molecule has 0 aliphatic rings. The first-order valence-electron chi connectivity index (χ1n) is 7.21. The van der Waals surface area contributed by atoms with Crippen molar-refractivity contribution >= 4 is 38.6 Å². The molecule has 1 unspecified atom stereocenters. The van der Waals surface area contributed by atoms with Gasteiger partial charge in [-0.1, -0.05) is 42.5 Å². The molecule has 0 saturated carbocycles. The number of aromatic nitrogens is 4. The van der Waals surface area contributed by atoms with Crippen molar-refractivity contribution in [3.63, 3.8) is 0 Å². The molecule has 0 aliphatic carbocycles. The Kier molecular flexibility index (Phi) is 3.52. The SMILES string of the molecule is [C-]#[N+]c1ccccc1CS(=O)c1nnc2c(n1)[nH]c1ccccc12. The van der Waals surface area contributed by atoms with Crippen LogP contribution in [-0.2, 0) is 16.6 Å². The number of rotatable bonds is 3. The van der Waals surface area contributed by atoms with Gasteiger partial charge in [0.25, 0.3) is 0 Å². The monoisotopic (exact) mass is 333 g/mol. The van der Waals surface area contributed by atoms with Crippen molar-refractivity contribution in [2.45, 2.75) is 10.9 Å². The first-order valence-corrected chi connectivity index (χ1v) is 8.53. The van der Waals surface area contributed by atoms with Crippen LogP contribution in [0.3, 0.4) is 0 Å². The summed E-state index contributed by atoms with van der Waals surface area (Å²) in [5.41, 5.74) is 3.34. The fourth-order valence-electron chi connectivity index (χ4n) is 2.55. The summed E-state index contributed by atoms with van der Waals surface area (Å²) in [5, 5.41) is 9.29. The standard InChI is InChI=1S/C17H11N5OS/c1-18-13-8-4-2-6-11(13)10-24(23)17-20-16-15(21-22-17)12-7-3-5-9-14(12)19-16/h2-9H,10H2,(H,19,20,22). The van der Waals surface area contributed by atoms with Gasteiger partial charge >= 0.3 is 0 Å². The van der Waals surface area contributed by atoms with E-state index in [1.165, 1.54) is 0 Å². The Morgan fingerprint density at radius 3 is 2.75 bits per heavy atom. The molecule has 0 fully saturated rings. The second-order valence-corrected chi connectivity index (χ2v) is 6.54. The molecule has 0 bridgehead atoms. The number of aromatic amines is 1. The second kappa shape index (κ2) is 5.83. The van der Waals surface area contributed by atoms with Gasteiger partial charge in [-0.15, -0.1) is 10.2 Å². The van der Waals surface area contributed by atoms with E-state index in [1.54, 1.807) is 18.2 Å². The highest BCUT2D eigenvalue weighted by Gasteiger charge is 2.14. The molecule has 7 heteroatoms. The van der Waals surface area contributed by atoms with Crippen LogP contribution >= 0.6 is 0 Å². The van der Waals surface area contributed by atoms with Gasteiger partial charge in [0.15, 0.2) is 11.3 Å². The topological polar surface area (TPSA) is 75.9 Å². The minimum absolute atomic E-state index is 0.161. The average Bonchev–Trinajstić information content (AvgIpc) is 3.00. The molecule has 1 atom stereocenters. The maximum atomic E-state index is 12.6. The number of fused-ring (bicyclic) bond motifs is 3. The summed E-state index contributed by atoms with van der Waals surface area (Å²) in [6, 6.07) is 14.8. The van der Waals surface area contributed by atoms with Gasteiger partial charge < -0.3 is 4.98 Å². The first-order chi connectivity index (χ1) is 11.8. The number of benzene rings is 2. The number of hydrogen-bond donors (Lipinski definition) is 1. The van der Waals surface area contributed by atoms with Crippen LogP contribution in [-0.4, -0.2) is 24.4 Å². The number of nitrogens with zero attached hydrogens (tertiary/aromatic N) is 4. The average molecular weight is 333 g/mol. The van der Waals surface area contributed by atoms with Crippen LogP contribution in [0.2, 0.25) is 0 Å². The predicted molar refractivity (Wildman–Crippen MR) is 92.0 cm³/mol. The summed E-state index contributed by atoms with van der Waals surface area (Å²) in [7, 11) is -1.47. The highest BCUT2D eigenvalue weighted by atomic mass is 32.2. The summed E-state index contributed by atoms with van der Waals surface area (Å²) in [5.74, 6) is 0.186. The van der Waals surface area contributed by atoms with E-state index >= 15 is 0 Å². The highest BCUT2D eigenvalue weighted by molar-refractivity contribution is 7.84. The van der Waals surface area contributed by atoms with E-state index in [4.69, 9.17) is 6.57 Å². The maximum Gasteiger partial charge on any atom is 0.241 e. The Bertz CT molecular complexity index is 1130. The number of H-pyrrole nitrogens is 1. The van der Waals surface area contributed by atoms with Crippen molar-refractivity contribution in [1.29, 1.82) is 0 Å². The Morgan fingerprint density at radius 2 is 1.88 bits per heavy atom. The van der Waals surface area contributed by atoms with Crippen LogP contribution in [0.5, 0.6) is 0 Å². The molecule has 1 N–H and O–H groups in total. The molecule has 0 aliphatic heterocycles. The molecule has 24 heavy (non-hydrogen) atoms. The van der Waals surface area contributed by atoms with Gasteiger partial charge in [0.05, 0.1) is 17.4 Å². The lowest BCUT2D eigenvalue weighted by molar-refractivity contribution is 0.672. The molecule has 116 valence electrons. The zero-order valence-electron chi connectivity index (χ0n) is 12.4. The van der Waals surface area contributed by atoms with Crippen molar-refractivity contribution in [3.05, 3.63) is 65.5 Å². The largest absolute Gasteiger partial charge is 0.338 e. The van der Waals surface area contributed by atoms with Gasteiger partial charge in [0.1, 0.15) is 5.52 Å². The number of para-hydroxylation sites is 2. The van der Waals surface area contributed by atoms with E-state index in [1.807, 2.05) is 30.3 Å². The molecule has 2 heterocycles. The molecule has 6 nitrogen and oxygen atoms in total. The van der Waals surface area contributed by atoms with Gasteiger partial charge in [-0.05, 0) is 11.6 Å². The lowest BCUT2D eigenvalue weighted by Crippen LogP contribution is -2.04. The van der Waals surface area contributed by atoms with E-state index in [9.17, 15) is 4.21 Å². The van der Waals surface area contributed by atoms with Crippen molar-refractivity contribution < 1.29 is 4.21 Å². The van der Waals surface area contributed by atoms with Gasteiger partial charge in [0.2, 0.25) is 5.16 Å². The molecule has 4 rings (SSSR count). The quantitative estimate of drug-likeness (QED) is 0.583. The van der Waals surface area contributed by atoms with Gasteiger partial charge in [-0.2, -0.15) is 4.98 Å². The zero-order chi connectivity index (χ0) is 16.5. The molecule has 0 saturated heterocycles. The van der Waals surface area contributed by atoms with Crippen molar-refractivity contribution in [1.82, 2.24) is 20.2 Å². The van der Waals surface area contributed by atoms with Crippen LogP contribution in [0.25, 0.3) is 26.9 Å². The third kappa shape index (κ3) is 2.43. The summed E-state index contributed by atoms with van der Waals surface area (Å²) in [6.45, 7) is 7.18. The van der Waals surface area contributed by atoms with Crippen LogP contribution in [0.1, 0.15) is 5.56 Å². The van der Waals surface area contributed by atoms with E-state index in [0.717, 1.165) is 10.9 Å². The summed E-state index contributed by atoms with van der Waals surface area (Å²) in [4.78, 5) is 11.0. The Hall–Kier alpha value is -3.11.